The van der Waals surface area contributed by atoms with E-state index in [1.807, 2.05) is 19.2 Å². The number of halogens is 3. The zero-order valence-corrected chi connectivity index (χ0v) is 18.7. The first kappa shape index (κ1) is 23.7. The van der Waals surface area contributed by atoms with Crippen LogP contribution in [0.2, 0.25) is 0 Å². The average Bonchev–Trinajstić information content (AvgIpc) is 3.24. The molecule has 35 heavy (non-hydrogen) atoms. The highest BCUT2D eigenvalue weighted by Gasteiger charge is 2.35. The number of benzene rings is 1. The summed E-state index contributed by atoms with van der Waals surface area (Å²) >= 11 is 0. The number of nitrogens with zero attached hydrogens (tertiary/aromatic N) is 5. The zero-order chi connectivity index (χ0) is 25.0. The first-order valence-corrected chi connectivity index (χ1v) is 10.3. The van der Waals surface area contributed by atoms with Gasteiger partial charge in [0.25, 0.3) is 0 Å². The topological polar surface area (TPSA) is 107 Å². The number of methoxy groups -OCH3 is 1. The maximum absolute atomic E-state index is 13.2. The molecule has 4 rings (SSSR count). The highest BCUT2D eigenvalue weighted by atomic mass is 19.4. The number of hydrogen-bond acceptors (Lipinski definition) is 7. The van der Waals surface area contributed by atoms with Gasteiger partial charge < -0.3 is 15.4 Å². The molecule has 0 fully saturated rings. The minimum Gasteiger partial charge on any atom is -0.481 e. The second kappa shape index (κ2) is 9.79. The standard InChI is InChI=1S/C23H20F3N7O2/c1-33-13-18(12-30-33)32-22-28-9-16(10-29-22)15-5-3-14(4-6-15)7-20(34)31-17-8-19(23(24,25)26)21(35-2)27-11-17/h3-6,8-13H,7H2,1-2H3,(H,31,34)(H,28,29,32). The predicted octanol–water partition coefficient (Wildman–Crippen LogP) is 4.22. The molecule has 0 aliphatic rings. The summed E-state index contributed by atoms with van der Waals surface area (Å²) in [5, 5.41) is 9.55. The molecule has 3 heterocycles. The smallest absolute Gasteiger partial charge is 0.421 e. The molecule has 0 unspecified atom stereocenters. The number of carbonyl (C=O) groups excluding carboxylic acids is 1. The van der Waals surface area contributed by atoms with Crippen LogP contribution >= 0.6 is 0 Å². The summed E-state index contributed by atoms with van der Waals surface area (Å²) in [5.74, 6) is -0.611. The van der Waals surface area contributed by atoms with Crippen LogP contribution in [0.15, 0.2) is 61.3 Å². The van der Waals surface area contributed by atoms with Gasteiger partial charge in [-0.2, -0.15) is 18.3 Å². The number of aryl methyl sites for hydroxylation is 1. The van der Waals surface area contributed by atoms with Gasteiger partial charge in [0.1, 0.15) is 5.56 Å². The molecular weight excluding hydrogens is 463 g/mol. The Labute approximate surface area is 198 Å². The van der Waals surface area contributed by atoms with E-state index in [1.54, 1.807) is 41.6 Å². The number of rotatable bonds is 7. The molecule has 180 valence electrons. The monoisotopic (exact) mass is 483 g/mol. The number of carbonyl (C=O) groups is 1. The maximum atomic E-state index is 13.2. The Hall–Kier alpha value is -4.48. The summed E-state index contributed by atoms with van der Waals surface area (Å²) in [6, 6.07) is 7.92. The van der Waals surface area contributed by atoms with E-state index in [2.05, 4.69) is 35.4 Å². The molecule has 0 radical (unpaired) electrons. The van der Waals surface area contributed by atoms with Crippen LogP contribution in [0.3, 0.4) is 0 Å². The number of aromatic nitrogens is 5. The van der Waals surface area contributed by atoms with Crippen LogP contribution in [0.4, 0.5) is 30.5 Å². The van der Waals surface area contributed by atoms with Crippen molar-refractivity contribution in [3.63, 3.8) is 0 Å². The van der Waals surface area contributed by atoms with E-state index in [9.17, 15) is 18.0 Å². The van der Waals surface area contributed by atoms with Gasteiger partial charge in [-0.1, -0.05) is 24.3 Å². The van der Waals surface area contributed by atoms with Crippen LogP contribution in [-0.2, 0) is 24.4 Å². The third-order valence-electron chi connectivity index (χ3n) is 4.90. The predicted molar refractivity (Wildman–Crippen MR) is 122 cm³/mol. The van der Waals surface area contributed by atoms with Crippen molar-refractivity contribution in [3.05, 3.63) is 72.4 Å². The molecule has 0 bridgehead atoms. The van der Waals surface area contributed by atoms with E-state index in [-0.39, 0.29) is 12.1 Å². The van der Waals surface area contributed by atoms with Crippen molar-refractivity contribution < 1.29 is 22.7 Å². The summed E-state index contributed by atoms with van der Waals surface area (Å²) in [7, 11) is 2.90. The molecule has 1 amide bonds. The van der Waals surface area contributed by atoms with Crippen molar-refractivity contribution in [2.24, 2.45) is 7.05 Å². The lowest BCUT2D eigenvalue weighted by molar-refractivity contribution is -0.139. The fourth-order valence-corrected chi connectivity index (χ4v) is 3.25. The lowest BCUT2D eigenvalue weighted by atomic mass is 10.0. The van der Waals surface area contributed by atoms with Crippen LogP contribution < -0.4 is 15.4 Å². The van der Waals surface area contributed by atoms with Gasteiger partial charge in [0.15, 0.2) is 0 Å². The number of anilines is 3. The molecule has 9 nitrogen and oxygen atoms in total. The average molecular weight is 483 g/mol. The Morgan fingerprint density at radius 2 is 1.71 bits per heavy atom. The van der Waals surface area contributed by atoms with Gasteiger partial charge in [-0.25, -0.2) is 15.0 Å². The van der Waals surface area contributed by atoms with Crippen LogP contribution in [0.25, 0.3) is 11.1 Å². The molecule has 0 saturated heterocycles. The van der Waals surface area contributed by atoms with Gasteiger partial charge in [-0.15, -0.1) is 0 Å². The summed E-state index contributed by atoms with van der Waals surface area (Å²) in [4.78, 5) is 24.6. The Kier molecular flexibility index (Phi) is 6.62. The molecule has 0 aliphatic heterocycles. The summed E-state index contributed by atoms with van der Waals surface area (Å²) in [5.41, 5.74) is 1.93. The fraction of sp³-hybridized carbons (Fsp3) is 0.174. The molecule has 0 aliphatic carbocycles. The van der Waals surface area contributed by atoms with E-state index < -0.39 is 23.5 Å². The highest BCUT2D eigenvalue weighted by Crippen LogP contribution is 2.36. The Balaban J connectivity index is 1.38. The van der Waals surface area contributed by atoms with Crippen LogP contribution in [0.1, 0.15) is 11.1 Å². The molecule has 4 aromatic rings. The Bertz CT molecular complexity index is 1320. The van der Waals surface area contributed by atoms with E-state index in [0.29, 0.717) is 11.5 Å². The molecule has 1 aromatic carbocycles. The molecule has 0 spiro atoms. The molecule has 0 atom stereocenters. The van der Waals surface area contributed by atoms with Crippen LogP contribution in [-0.4, -0.2) is 37.7 Å². The maximum Gasteiger partial charge on any atom is 0.421 e. The third kappa shape index (κ3) is 5.91. The van der Waals surface area contributed by atoms with E-state index in [4.69, 9.17) is 0 Å². The van der Waals surface area contributed by atoms with E-state index in [1.165, 1.54) is 0 Å². The summed E-state index contributed by atoms with van der Waals surface area (Å²) in [6.45, 7) is 0. The zero-order valence-electron chi connectivity index (χ0n) is 18.7. The van der Waals surface area contributed by atoms with Crippen molar-refractivity contribution in [2.75, 3.05) is 17.7 Å². The van der Waals surface area contributed by atoms with Gasteiger partial charge >= 0.3 is 6.18 Å². The number of alkyl halides is 3. The number of nitrogens with one attached hydrogen (secondary N) is 2. The lowest BCUT2D eigenvalue weighted by Gasteiger charge is -2.13. The summed E-state index contributed by atoms with van der Waals surface area (Å²) in [6.07, 6.45) is 3.22. The largest absolute Gasteiger partial charge is 0.481 e. The SMILES string of the molecule is COc1ncc(NC(=O)Cc2ccc(-c3cnc(Nc4cnn(C)c4)nc3)cc2)cc1C(F)(F)F. The highest BCUT2D eigenvalue weighted by molar-refractivity contribution is 5.92. The van der Waals surface area contributed by atoms with Crippen molar-refractivity contribution in [1.29, 1.82) is 0 Å². The Morgan fingerprint density at radius 3 is 2.31 bits per heavy atom. The van der Waals surface area contributed by atoms with Gasteiger partial charge in [-0.05, 0) is 17.2 Å². The lowest BCUT2D eigenvalue weighted by Crippen LogP contribution is -2.16. The number of pyridine rings is 1. The molecule has 3 aromatic heterocycles. The third-order valence-corrected chi connectivity index (χ3v) is 4.90. The quantitative estimate of drug-likeness (QED) is 0.405. The molecule has 0 saturated carbocycles. The molecular formula is C23H20F3N7O2. The fourth-order valence-electron chi connectivity index (χ4n) is 3.25. The van der Waals surface area contributed by atoms with Crippen molar-refractivity contribution in [3.8, 4) is 17.0 Å². The first-order chi connectivity index (χ1) is 16.7. The molecule has 2 N–H and O–H groups in total. The van der Waals surface area contributed by atoms with Gasteiger partial charge in [0.2, 0.25) is 17.7 Å². The summed E-state index contributed by atoms with van der Waals surface area (Å²) < 4.78 is 45.8. The van der Waals surface area contributed by atoms with E-state index >= 15 is 0 Å². The number of hydrogen-bond donors (Lipinski definition) is 2. The Morgan fingerprint density at radius 1 is 1.00 bits per heavy atom. The van der Waals surface area contributed by atoms with Crippen molar-refractivity contribution >= 4 is 23.2 Å². The normalized spacial score (nSPS) is 11.2. The first-order valence-electron chi connectivity index (χ1n) is 10.3. The van der Waals surface area contributed by atoms with Gasteiger partial charge in [0.05, 0.1) is 37.3 Å². The van der Waals surface area contributed by atoms with E-state index in [0.717, 1.165) is 36.2 Å². The van der Waals surface area contributed by atoms with Crippen LogP contribution in [0, 0.1) is 0 Å². The second-order valence-corrected chi connectivity index (χ2v) is 7.52. The minimum absolute atomic E-state index is 0.0296. The van der Waals surface area contributed by atoms with Gasteiger partial charge in [-0.3, -0.25) is 9.48 Å². The molecule has 12 heteroatoms. The van der Waals surface area contributed by atoms with Crippen molar-refractivity contribution in [1.82, 2.24) is 24.7 Å². The second-order valence-electron chi connectivity index (χ2n) is 7.52. The van der Waals surface area contributed by atoms with Crippen molar-refractivity contribution in [2.45, 2.75) is 12.6 Å². The van der Waals surface area contributed by atoms with Gasteiger partial charge in [0, 0.05) is 31.2 Å². The minimum atomic E-state index is -4.66. The number of amides is 1. The van der Waals surface area contributed by atoms with Crippen LogP contribution in [0.5, 0.6) is 5.88 Å². The number of ether oxygens (including phenoxy) is 1.